The molecule has 6 nitrogen and oxygen atoms in total. The molecule has 0 atom stereocenters. The van der Waals surface area contributed by atoms with Crippen molar-refractivity contribution >= 4 is 28.9 Å². The number of carbonyl (C=O) groups excluding carboxylic acids is 2. The number of nitrogens with one attached hydrogen (secondary N) is 1. The lowest BCUT2D eigenvalue weighted by molar-refractivity contribution is 0.0533. The SMILES string of the molecule is CCOC(=O)c1sc(-c2ccc(OC)cc2)cc1NC(=O)c1ccco1. The standard InChI is InChI=1S/C19H17NO5S/c1-3-24-19(22)17-14(20-18(21)15-5-4-10-25-15)11-16(26-17)12-6-8-13(23-2)9-7-12/h4-11H,3H2,1-2H3,(H,20,21). The van der Waals surface area contributed by atoms with E-state index in [1.165, 1.54) is 17.6 Å². The highest BCUT2D eigenvalue weighted by molar-refractivity contribution is 7.18. The number of carbonyl (C=O) groups is 2. The average Bonchev–Trinajstić information content (AvgIpc) is 3.32. The fourth-order valence-electron chi connectivity index (χ4n) is 2.32. The summed E-state index contributed by atoms with van der Waals surface area (Å²) in [4.78, 5) is 25.7. The average molecular weight is 371 g/mol. The van der Waals surface area contributed by atoms with Crippen LogP contribution in [-0.2, 0) is 4.74 Å². The summed E-state index contributed by atoms with van der Waals surface area (Å²) in [6.07, 6.45) is 1.41. The number of esters is 1. The molecule has 134 valence electrons. The van der Waals surface area contributed by atoms with Gasteiger partial charge in [0.15, 0.2) is 5.76 Å². The predicted octanol–water partition coefficient (Wildman–Crippen LogP) is 4.45. The first-order valence-electron chi connectivity index (χ1n) is 7.92. The second kappa shape index (κ2) is 7.88. The van der Waals surface area contributed by atoms with Crippen molar-refractivity contribution in [2.45, 2.75) is 6.92 Å². The van der Waals surface area contributed by atoms with Gasteiger partial charge in [0.05, 0.1) is 25.7 Å². The molecule has 0 spiro atoms. The molecule has 0 saturated carbocycles. The van der Waals surface area contributed by atoms with Gasteiger partial charge in [0.2, 0.25) is 0 Å². The summed E-state index contributed by atoms with van der Waals surface area (Å²) < 4.78 is 15.4. The van der Waals surface area contributed by atoms with Crippen LogP contribution < -0.4 is 10.1 Å². The van der Waals surface area contributed by atoms with E-state index in [0.29, 0.717) is 10.6 Å². The third-order valence-electron chi connectivity index (χ3n) is 3.56. The third kappa shape index (κ3) is 3.78. The van der Waals surface area contributed by atoms with Crippen LogP contribution in [0.15, 0.2) is 53.1 Å². The molecule has 0 fully saturated rings. The van der Waals surface area contributed by atoms with Crippen molar-refractivity contribution in [1.82, 2.24) is 0 Å². The maximum absolute atomic E-state index is 12.3. The van der Waals surface area contributed by atoms with Gasteiger partial charge in [0, 0.05) is 4.88 Å². The van der Waals surface area contributed by atoms with Crippen molar-refractivity contribution in [3.63, 3.8) is 0 Å². The summed E-state index contributed by atoms with van der Waals surface area (Å²) in [6, 6.07) is 12.4. The van der Waals surface area contributed by atoms with E-state index in [0.717, 1.165) is 16.2 Å². The Morgan fingerprint density at radius 1 is 1.19 bits per heavy atom. The summed E-state index contributed by atoms with van der Waals surface area (Å²) in [5.41, 5.74) is 1.29. The van der Waals surface area contributed by atoms with Gasteiger partial charge in [-0.25, -0.2) is 4.79 Å². The Morgan fingerprint density at radius 3 is 2.58 bits per heavy atom. The van der Waals surface area contributed by atoms with E-state index in [1.54, 1.807) is 32.2 Å². The highest BCUT2D eigenvalue weighted by Crippen LogP contribution is 2.36. The lowest BCUT2D eigenvalue weighted by atomic mass is 10.2. The minimum Gasteiger partial charge on any atom is -0.497 e. The highest BCUT2D eigenvalue weighted by atomic mass is 32.1. The second-order valence-corrected chi connectivity index (χ2v) is 6.29. The van der Waals surface area contributed by atoms with Crippen LogP contribution in [0.2, 0.25) is 0 Å². The highest BCUT2D eigenvalue weighted by Gasteiger charge is 2.21. The second-order valence-electron chi connectivity index (χ2n) is 5.23. The van der Waals surface area contributed by atoms with Gasteiger partial charge in [-0.1, -0.05) is 0 Å². The van der Waals surface area contributed by atoms with Gasteiger partial charge in [-0.3, -0.25) is 4.79 Å². The summed E-state index contributed by atoms with van der Waals surface area (Å²) in [5, 5.41) is 2.72. The van der Waals surface area contributed by atoms with Crippen LogP contribution in [-0.4, -0.2) is 25.6 Å². The van der Waals surface area contributed by atoms with E-state index >= 15 is 0 Å². The normalized spacial score (nSPS) is 10.4. The molecule has 0 saturated heterocycles. The minimum absolute atomic E-state index is 0.164. The smallest absolute Gasteiger partial charge is 0.350 e. The summed E-state index contributed by atoms with van der Waals surface area (Å²) in [7, 11) is 1.60. The number of furan rings is 1. The van der Waals surface area contributed by atoms with E-state index < -0.39 is 11.9 Å². The lowest BCUT2D eigenvalue weighted by Gasteiger charge is -2.04. The Hall–Kier alpha value is -3.06. The van der Waals surface area contributed by atoms with Crippen LogP contribution in [0.1, 0.15) is 27.2 Å². The molecular formula is C19H17NO5S. The number of rotatable bonds is 6. The van der Waals surface area contributed by atoms with E-state index in [2.05, 4.69) is 5.32 Å². The van der Waals surface area contributed by atoms with Crippen LogP contribution in [0.5, 0.6) is 5.75 Å². The lowest BCUT2D eigenvalue weighted by Crippen LogP contribution is -2.13. The molecule has 0 aliphatic rings. The molecule has 1 N–H and O–H groups in total. The molecule has 3 aromatic rings. The zero-order valence-electron chi connectivity index (χ0n) is 14.3. The zero-order chi connectivity index (χ0) is 18.5. The fourth-order valence-corrected chi connectivity index (χ4v) is 3.33. The predicted molar refractivity (Wildman–Crippen MR) is 98.9 cm³/mol. The Kier molecular flexibility index (Phi) is 5.38. The topological polar surface area (TPSA) is 77.8 Å². The molecule has 0 bridgehead atoms. The van der Waals surface area contributed by atoms with Crippen molar-refractivity contribution in [3.05, 3.63) is 59.4 Å². The van der Waals surface area contributed by atoms with E-state index in [1.807, 2.05) is 24.3 Å². The summed E-state index contributed by atoms with van der Waals surface area (Å²) in [6.45, 7) is 1.98. The molecule has 0 unspecified atom stereocenters. The molecule has 1 amide bonds. The van der Waals surface area contributed by atoms with Gasteiger partial charge in [0.1, 0.15) is 10.6 Å². The Labute approximate surface area is 154 Å². The Bertz CT molecular complexity index is 897. The maximum Gasteiger partial charge on any atom is 0.350 e. The zero-order valence-corrected chi connectivity index (χ0v) is 15.1. The molecule has 0 aliphatic carbocycles. The molecule has 7 heteroatoms. The first-order valence-corrected chi connectivity index (χ1v) is 8.74. The first kappa shape index (κ1) is 17.8. The Balaban J connectivity index is 1.94. The number of methoxy groups -OCH3 is 1. The minimum atomic E-state index is -0.480. The van der Waals surface area contributed by atoms with Gasteiger partial charge in [-0.05, 0) is 55.0 Å². The molecule has 3 rings (SSSR count). The molecule has 2 heterocycles. The van der Waals surface area contributed by atoms with E-state index in [-0.39, 0.29) is 12.4 Å². The number of thiophene rings is 1. The monoisotopic (exact) mass is 371 g/mol. The molecule has 0 radical (unpaired) electrons. The van der Waals surface area contributed by atoms with E-state index in [4.69, 9.17) is 13.9 Å². The summed E-state index contributed by atoms with van der Waals surface area (Å²) >= 11 is 1.25. The number of hydrogen-bond donors (Lipinski definition) is 1. The van der Waals surface area contributed by atoms with Gasteiger partial charge >= 0.3 is 5.97 Å². The molecule has 26 heavy (non-hydrogen) atoms. The first-order chi connectivity index (χ1) is 12.6. The number of hydrogen-bond acceptors (Lipinski definition) is 6. The van der Waals surface area contributed by atoms with Crippen molar-refractivity contribution in [1.29, 1.82) is 0 Å². The molecular weight excluding hydrogens is 354 g/mol. The molecule has 1 aromatic carbocycles. The van der Waals surface area contributed by atoms with Crippen LogP contribution in [0.3, 0.4) is 0 Å². The van der Waals surface area contributed by atoms with Crippen molar-refractivity contribution in [2.75, 3.05) is 19.0 Å². The maximum atomic E-state index is 12.3. The number of benzene rings is 1. The number of ether oxygens (including phenoxy) is 2. The van der Waals surface area contributed by atoms with Crippen molar-refractivity contribution < 1.29 is 23.5 Å². The van der Waals surface area contributed by atoms with Crippen LogP contribution in [0.25, 0.3) is 10.4 Å². The fraction of sp³-hybridized carbons (Fsp3) is 0.158. The van der Waals surface area contributed by atoms with E-state index in [9.17, 15) is 9.59 Å². The van der Waals surface area contributed by atoms with Crippen molar-refractivity contribution in [2.24, 2.45) is 0 Å². The van der Waals surface area contributed by atoms with Crippen LogP contribution >= 0.6 is 11.3 Å². The van der Waals surface area contributed by atoms with Gasteiger partial charge in [-0.15, -0.1) is 11.3 Å². The number of anilines is 1. The third-order valence-corrected chi connectivity index (χ3v) is 4.72. The quantitative estimate of drug-likeness (QED) is 0.648. The van der Waals surface area contributed by atoms with Gasteiger partial charge in [0.25, 0.3) is 5.91 Å². The molecule has 0 aliphatic heterocycles. The van der Waals surface area contributed by atoms with Gasteiger partial charge in [-0.2, -0.15) is 0 Å². The largest absolute Gasteiger partial charge is 0.497 e. The Morgan fingerprint density at radius 2 is 1.96 bits per heavy atom. The van der Waals surface area contributed by atoms with Crippen LogP contribution in [0.4, 0.5) is 5.69 Å². The molecule has 2 aromatic heterocycles. The van der Waals surface area contributed by atoms with Crippen LogP contribution in [0, 0.1) is 0 Å². The number of amides is 1. The van der Waals surface area contributed by atoms with Gasteiger partial charge < -0.3 is 19.2 Å². The summed E-state index contributed by atoms with van der Waals surface area (Å²) in [5.74, 6) is -0.00842. The van der Waals surface area contributed by atoms with Crippen molar-refractivity contribution in [3.8, 4) is 16.2 Å².